The van der Waals surface area contributed by atoms with Crippen molar-refractivity contribution in [1.82, 2.24) is 0 Å². The molecule has 116 valence electrons. The molecule has 0 radical (unpaired) electrons. The Morgan fingerprint density at radius 2 is 1.65 bits per heavy atom. The van der Waals surface area contributed by atoms with E-state index in [0.717, 1.165) is 18.7 Å². The first-order chi connectivity index (χ1) is 11.2. The van der Waals surface area contributed by atoms with Gasteiger partial charge in [0.25, 0.3) is 0 Å². The fourth-order valence-corrected chi connectivity index (χ4v) is 3.18. The number of amides is 1. The van der Waals surface area contributed by atoms with Gasteiger partial charge in [-0.25, -0.2) is 0 Å². The van der Waals surface area contributed by atoms with E-state index >= 15 is 0 Å². The fourth-order valence-electron chi connectivity index (χ4n) is 2.46. The second kappa shape index (κ2) is 7.11. The van der Waals surface area contributed by atoms with Crippen molar-refractivity contribution >= 4 is 22.9 Å². The van der Waals surface area contributed by atoms with Crippen molar-refractivity contribution in [3.63, 3.8) is 0 Å². The maximum atomic E-state index is 11.2. The molecule has 3 nitrogen and oxygen atoms in total. The number of nitrogens with two attached hydrogens (primary N) is 1. The summed E-state index contributed by atoms with van der Waals surface area (Å²) < 4.78 is 0. The van der Waals surface area contributed by atoms with Crippen LogP contribution in [0.5, 0.6) is 0 Å². The van der Waals surface area contributed by atoms with Gasteiger partial charge in [-0.05, 0) is 41.3 Å². The molecule has 2 aromatic carbocycles. The molecule has 3 rings (SSSR count). The molecular formula is C19H18N2OS. The molecule has 0 spiro atoms. The summed E-state index contributed by atoms with van der Waals surface area (Å²) in [5.74, 6) is -0.393. The van der Waals surface area contributed by atoms with E-state index < -0.39 is 5.91 Å². The minimum Gasteiger partial charge on any atom is -0.366 e. The quantitative estimate of drug-likeness (QED) is 0.744. The number of hydrogen-bond donors (Lipinski definition) is 1. The van der Waals surface area contributed by atoms with Crippen molar-refractivity contribution in [2.24, 2.45) is 5.73 Å². The number of carbonyl (C=O) groups excluding carboxylic acids is 1. The molecule has 0 aliphatic heterocycles. The lowest BCUT2D eigenvalue weighted by atomic mass is 10.1. The molecule has 1 aromatic heterocycles. The zero-order valence-electron chi connectivity index (χ0n) is 12.7. The Labute approximate surface area is 140 Å². The van der Waals surface area contributed by atoms with Crippen LogP contribution in [0.2, 0.25) is 0 Å². The van der Waals surface area contributed by atoms with E-state index in [9.17, 15) is 4.79 Å². The van der Waals surface area contributed by atoms with E-state index in [1.54, 1.807) is 23.5 Å². The van der Waals surface area contributed by atoms with Crippen LogP contribution in [0.15, 0.2) is 72.1 Å². The summed E-state index contributed by atoms with van der Waals surface area (Å²) in [6.07, 6.45) is 0. The van der Waals surface area contributed by atoms with Gasteiger partial charge < -0.3 is 10.6 Å². The van der Waals surface area contributed by atoms with Gasteiger partial charge in [-0.1, -0.05) is 36.4 Å². The Balaban J connectivity index is 1.82. The van der Waals surface area contributed by atoms with Gasteiger partial charge in [0.15, 0.2) is 0 Å². The second-order valence-electron chi connectivity index (χ2n) is 5.33. The van der Waals surface area contributed by atoms with Crippen molar-refractivity contribution in [3.8, 4) is 0 Å². The number of benzene rings is 2. The van der Waals surface area contributed by atoms with Crippen molar-refractivity contribution in [2.75, 3.05) is 4.90 Å². The number of thiophene rings is 1. The Morgan fingerprint density at radius 3 is 2.26 bits per heavy atom. The lowest BCUT2D eigenvalue weighted by molar-refractivity contribution is 0.100. The second-order valence-corrected chi connectivity index (χ2v) is 6.36. The Hall–Kier alpha value is -2.59. The van der Waals surface area contributed by atoms with E-state index in [-0.39, 0.29) is 0 Å². The molecule has 0 aliphatic carbocycles. The molecule has 0 saturated heterocycles. The number of carbonyl (C=O) groups is 1. The smallest absolute Gasteiger partial charge is 0.248 e. The lowest BCUT2D eigenvalue weighted by Crippen LogP contribution is -2.21. The molecule has 0 atom stereocenters. The van der Waals surface area contributed by atoms with Crippen LogP contribution in [0.4, 0.5) is 5.69 Å². The third kappa shape index (κ3) is 3.99. The van der Waals surface area contributed by atoms with E-state index in [2.05, 4.69) is 34.5 Å². The number of anilines is 1. The number of nitrogens with zero attached hydrogens (tertiary/aromatic N) is 1. The summed E-state index contributed by atoms with van der Waals surface area (Å²) in [7, 11) is 0. The summed E-state index contributed by atoms with van der Waals surface area (Å²) in [6.45, 7) is 1.64. The normalized spacial score (nSPS) is 10.4. The summed E-state index contributed by atoms with van der Waals surface area (Å²) in [5.41, 5.74) is 8.17. The number of para-hydroxylation sites is 1. The predicted octanol–water partition coefficient (Wildman–Crippen LogP) is 4.05. The first kappa shape index (κ1) is 15.3. The van der Waals surface area contributed by atoms with Crippen LogP contribution in [-0.2, 0) is 13.1 Å². The summed E-state index contributed by atoms with van der Waals surface area (Å²) >= 11 is 1.76. The van der Waals surface area contributed by atoms with E-state index in [1.807, 2.05) is 30.3 Å². The van der Waals surface area contributed by atoms with Crippen LogP contribution >= 0.6 is 11.3 Å². The maximum Gasteiger partial charge on any atom is 0.248 e. The lowest BCUT2D eigenvalue weighted by Gasteiger charge is -2.24. The first-order valence-electron chi connectivity index (χ1n) is 7.43. The van der Waals surface area contributed by atoms with Crippen LogP contribution in [0.1, 0.15) is 20.8 Å². The highest BCUT2D eigenvalue weighted by molar-refractivity contribution is 7.09. The highest BCUT2D eigenvalue weighted by Gasteiger charge is 2.09. The van der Waals surface area contributed by atoms with Crippen molar-refractivity contribution in [1.29, 1.82) is 0 Å². The summed E-state index contributed by atoms with van der Waals surface area (Å²) in [6, 6.07) is 22.1. The average molecular weight is 322 g/mol. The average Bonchev–Trinajstić information content (AvgIpc) is 3.09. The van der Waals surface area contributed by atoms with Crippen LogP contribution < -0.4 is 10.6 Å². The highest BCUT2D eigenvalue weighted by Crippen LogP contribution is 2.22. The van der Waals surface area contributed by atoms with Crippen LogP contribution in [-0.4, -0.2) is 5.91 Å². The molecule has 0 aliphatic rings. The van der Waals surface area contributed by atoms with Gasteiger partial charge in [0, 0.05) is 22.7 Å². The molecule has 1 heterocycles. The molecule has 4 heteroatoms. The summed E-state index contributed by atoms with van der Waals surface area (Å²) in [4.78, 5) is 14.8. The molecule has 0 bridgehead atoms. The molecule has 23 heavy (non-hydrogen) atoms. The predicted molar refractivity (Wildman–Crippen MR) is 95.6 cm³/mol. The standard InChI is InChI=1S/C19H18N2OS/c20-19(22)16-10-8-15(9-11-16)13-21(14-18-7-4-12-23-18)17-5-2-1-3-6-17/h1-12H,13-14H2,(H2,20,22). The first-order valence-corrected chi connectivity index (χ1v) is 8.31. The van der Waals surface area contributed by atoms with Gasteiger partial charge in [0.1, 0.15) is 0 Å². The minimum atomic E-state index is -0.393. The van der Waals surface area contributed by atoms with Gasteiger partial charge in [-0.15, -0.1) is 11.3 Å². The van der Waals surface area contributed by atoms with Gasteiger partial charge in [-0.2, -0.15) is 0 Å². The van der Waals surface area contributed by atoms with Gasteiger partial charge >= 0.3 is 0 Å². The third-order valence-corrected chi connectivity index (χ3v) is 4.52. The molecule has 2 N–H and O–H groups in total. The molecule has 1 amide bonds. The van der Waals surface area contributed by atoms with Crippen molar-refractivity contribution < 1.29 is 4.79 Å². The molecule has 0 unspecified atom stereocenters. The van der Waals surface area contributed by atoms with Gasteiger partial charge in [0.2, 0.25) is 5.91 Å². The summed E-state index contributed by atoms with van der Waals surface area (Å²) in [5, 5.41) is 2.10. The zero-order chi connectivity index (χ0) is 16.1. The van der Waals surface area contributed by atoms with Crippen LogP contribution in [0.3, 0.4) is 0 Å². The van der Waals surface area contributed by atoms with Crippen molar-refractivity contribution in [3.05, 3.63) is 88.1 Å². The third-order valence-electron chi connectivity index (χ3n) is 3.66. The van der Waals surface area contributed by atoms with Gasteiger partial charge in [-0.3, -0.25) is 4.79 Å². The Bertz CT molecular complexity index is 752. The van der Waals surface area contributed by atoms with E-state index in [4.69, 9.17) is 5.73 Å². The van der Waals surface area contributed by atoms with E-state index in [0.29, 0.717) is 5.56 Å². The van der Waals surface area contributed by atoms with Crippen LogP contribution in [0, 0.1) is 0 Å². The maximum absolute atomic E-state index is 11.2. The van der Waals surface area contributed by atoms with E-state index in [1.165, 1.54) is 10.6 Å². The Morgan fingerprint density at radius 1 is 0.913 bits per heavy atom. The number of primary amides is 1. The Kier molecular flexibility index (Phi) is 4.74. The minimum absolute atomic E-state index is 0.393. The SMILES string of the molecule is NC(=O)c1ccc(CN(Cc2cccs2)c2ccccc2)cc1. The van der Waals surface area contributed by atoms with Crippen LogP contribution in [0.25, 0.3) is 0 Å². The highest BCUT2D eigenvalue weighted by atomic mass is 32.1. The number of hydrogen-bond acceptors (Lipinski definition) is 3. The monoisotopic (exact) mass is 322 g/mol. The van der Waals surface area contributed by atoms with Crippen molar-refractivity contribution in [2.45, 2.75) is 13.1 Å². The topological polar surface area (TPSA) is 46.3 Å². The molecular weight excluding hydrogens is 304 g/mol. The molecule has 0 saturated carbocycles. The number of rotatable bonds is 6. The van der Waals surface area contributed by atoms with Gasteiger partial charge in [0.05, 0.1) is 6.54 Å². The zero-order valence-corrected chi connectivity index (χ0v) is 13.5. The largest absolute Gasteiger partial charge is 0.366 e. The fraction of sp³-hybridized carbons (Fsp3) is 0.105. The molecule has 0 fully saturated rings. The molecule has 3 aromatic rings.